The van der Waals surface area contributed by atoms with Crippen LogP contribution in [0.4, 0.5) is 0 Å². The molecule has 0 bridgehead atoms. The van der Waals surface area contributed by atoms with Crippen molar-refractivity contribution in [3.63, 3.8) is 0 Å². The van der Waals surface area contributed by atoms with Crippen molar-refractivity contribution < 1.29 is 9.53 Å². The summed E-state index contributed by atoms with van der Waals surface area (Å²) in [5, 5.41) is 0. The van der Waals surface area contributed by atoms with E-state index in [2.05, 4.69) is 5.43 Å². The zero-order valence-electron chi connectivity index (χ0n) is 7.12. The molecule has 0 aromatic carbocycles. The van der Waals surface area contributed by atoms with Gasteiger partial charge in [-0.15, -0.1) is 0 Å². The van der Waals surface area contributed by atoms with Gasteiger partial charge >= 0.3 is 0 Å². The Hall–Kier alpha value is -1.07. The zero-order chi connectivity index (χ0) is 9.40. The lowest BCUT2D eigenvalue weighted by Gasteiger charge is -2.12. The lowest BCUT2D eigenvalue weighted by molar-refractivity contribution is -0.113. The van der Waals surface area contributed by atoms with Crippen molar-refractivity contribution in [2.45, 2.75) is 19.4 Å². The molecule has 0 heterocycles. The summed E-state index contributed by atoms with van der Waals surface area (Å²) in [7, 11) is 0. The average molecular weight is 173 g/mol. The predicted molar refractivity (Wildman–Crippen MR) is 45.7 cm³/mol. The summed E-state index contributed by atoms with van der Waals surface area (Å²) < 4.78 is 5.07. The Bertz CT molecular complexity index is 159. The maximum atomic E-state index is 9.93. The Labute approximate surface area is 71.7 Å². The van der Waals surface area contributed by atoms with Crippen LogP contribution < -0.4 is 17.0 Å². The maximum Gasteiger partial charge on any atom is 0.145 e. The van der Waals surface area contributed by atoms with Gasteiger partial charge in [0, 0.05) is 18.3 Å². The molecule has 0 radical (unpaired) electrons. The maximum absolute atomic E-state index is 9.93. The summed E-state index contributed by atoms with van der Waals surface area (Å²) in [6.45, 7) is 1.94. The first kappa shape index (κ1) is 10.9. The minimum absolute atomic E-state index is 0.0685. The largest absolute Gasteiger partial charge is 0.403 e. The fourth-order valence-corrected chi connectivity index (χ4v) is 0.747. The summed E-state index contributed by atoms with van der Waals surface area (Å²) in [4.78, 5) is 9.93. The minimum Gasteiger partial charge on any atom is -0.403 e. The van der Waals surface area contributed by atoms with E-state index in [1.54, 1.807) is 0 Å². The topological polar surface area (TPSA) is 90.4 Å². The number of nitrogens with two attached hydrogens (primary N) is 2. The van der Waals surface area contributed by atoms with Gasteiger partial charge in [-0.1, -0.05) is 0 Å². The second kappa shape index (κ2) is 6.63. The van der Waals surface area contributed by atoms with Crippen molar-refractivity contribution in [3.05, 3.63) is 11.9 Å². The molecule has 0 fully saturated rings. The van der Waals surface area contributed by atoms with E-state index in [-0.39, 0.29) is 12.7 Å². The average Bonchev–Trinajstić information content (AvgIpc) is 2.10. The highest BCUT2D eigenvalue weighted by Crippen LogP contribution is 2.02. The monoisotopic (exact) mass is 173 g/mol. The highest BCUT2D eigenvalue weighted by atomic mass is 16.5. The number of ether oxygens (including phenoxy) is 1. The van der Waals surface area contributed by atoms with Gasteiger partial charge in [-0.25, -0.2) is 0 Å². The molecule has 5 heteroatoms. The first-order valence-corrected chi connectivity index (χ1v) is 3.67. The number of carbonyl (C=O) groups excluding carboxylic acids is 1. The van der Waals surface area contributed by atoms with Crippen LogP contribution >= 0.6 is 0 Å². The first-order valence-electron chi connectivity index (χ1n) is 3.67. The van der Waals surface area contributed by atoms with Crippen molar-refractivity contribution >= 4 is 6.29 Å². The van der Waals surface area contributed by atoms with Crippen LogP contribution in [-0.4, -0.2) is 19.0 Å². The third-order valence-electron chi connectivity index (χ3n) is 1.34. The second-order valence-corrected chi connectivity index (χ2v) is 2.35. The van der Waals surface area contributed by atoms with E-state index in [9.17, 15) is 4.79 Å². The summed E-state index contributed by atoms with van der Waals surface area (Å²) >= 11 is 0. The molecule has 0 aliphatic rings. The number of carbonyl (C=O) groups is 1. The van der Waals surface area contributed by atoms with Gasteiger partial charge in [0.1, 0.15) is 12.9 Å². The first-order chi connectivity index (χ1) is 5.74. The molecule has 0 unspecified atom stereocenters. The summed E-state index contributed by atoms with van der Waals surface area (Å²) in [6, 6.07) is 0. The fourth-order valence-electron chi connectivity index (χ4n) is 0.747. The minimum atomic E-state index is -0.0685. The van der Waals surface area contributed by atoms with Gasteiger partial charge in [0.2, 0.25) is 0 Å². The molecule has 0 aliphatic carbocycles. The van der Waals surface area contributed by atoms with E-state index >= 15 is 0 Å². The number of rotatable bonds is 6. The molecule has 12 heavy (non-hydrogen) atoms. The Kier molecular flexibility index (Phi) is 6.04. The Morgan fingerprint density at radius 1 is 1.75 bits per heavy atom. The molecule has 0 aromatic heterocycles. The lowest BCUT2D eigenvalue weighted by Crippen LogP contribution is -2.25. The van der Waals surface area contributed by atoms with E-state index in [1.807, 2.05) is 6.92 Å². The molecule has 0 aliphatic heterocycles. The number of hydrogen-bond donors (Lipinski definition) is 3. The molecule has 1 atom stereocenters. The van der Waals surface area contributed by atoms with Gasteiger partial charge in [-0.3, -0.25) is 5.84 Å². The zero-order valence-corrected chi connectivity index (χ0v) is 7.12. The van der Waals surface area contributed by atoms with Crippen molar-refractivity contribution in [3.8, 4) is 0 Å². The number of hydrogen-bond acceptors (Lipinski definition) is 5. The second-order valence-electron chi connectivity index (χ2n) is 2.35. The van der Waals surface area contributed by atoms with Gasteiger partial charge in [0.05, 0.1) is 6.10 Å². The Morgan fingerprint density at radius 2 is 2.42 bits per heavy atom. The van der Waals surface area contributed by atoms with Crippen LogP contribution in [-0.2, 0) is 9.53 Å². The van der Waals surface area contributed by atoms with Crippen LogP contribution in [0.2, 0.25) is 0 Å². The van der Waals surface area contributed by atoms with Crippen LogP contribution in [0.3, 0.4) is 0 Å². The van der Waals surface area contributed by atoms with Crippen molar-refractivity contribution in [2.75, 3.05) is 6.61 Å². The van der Waals surface area contributed by atoms with Crippen molar-refractivity contribution in [2.24, 2.45) is 11.6 Å². The van der Waals surface area contributed by atoms with Crippen molar-refractivity contribution in [1.29, 1.82) is 0 Å². The van der Waals surface area contributed by atoms with Gasteiger partial charge < -0.3 is 20.7 Å². The summed E-state index contributed by atoms with van der Waals surface area (Å²) in [5.74, 6) is 5.14. The van der Waals surface area contributed by atoms with Crippen LogP contribution in [0.1, 0.15) is 13.3 Å². The van der Waals surface area contributed by atoms with E-state index in [4.69, 9.17) is 16.3 Å². The molecule has 0 aromatic rings. The van der Waals surface area contributed by atoms with E-state index in [0.29, 0.717) is 18.4 Å². The standard InChI is InChI=1S/C7H15N3O2/c1-6(12-3-2-11)4-7(5-8)10-9/h2,5-6,10H,3-4,8-9H2,1H3/b7-5-/t6-/m1/s1. The smallest absolute Gasteiger partial charge is 0.145 e. The van der Waals surface area contributed by atoms with Gasteiger partial charge in [-0.05, 0) is 6.92 Å². The fraction of sp³-hybridized carbons (Fsp3) is 0.571. The highest BCUT2D eigenvalue weighted by molar-refractivity contribution is 5.50. The third-order valence-corrected chi connectivity index (χ3v) is 1.34. The Balaban J connectivity index is 3.66. The molecular formula is C7H15N3O2. The number of aldehydes is 1. The molecule has 5 nitrogen and oxygen atoms in total. The van der Waals surface area contributed by atoms with E-state index < -0.39 is 0 Å². The van der Waals surface area contributed by atoms with E-state index in [1.165, 1.54) is 6.20 Å². The van der Waals surface area contributed by atoms with Gasteiger partial charge in [0.25, 0.3) is 0 Å². The van der Waals surface area contributed by atoms with Crippen LogP contribution in [0.5, 0.6) is 0 Å². The highest BCUT2D eigenvalue weighted by Gasteiger charge is 2.03. The third kappa shape index (κ3) is 4.70. The molecule has 70 valence electrons. The van der Waals surface area contributed by atoms with E-state index in [0.717, 1.165) is 0 Å². The van der Waals surface area contributed by atoms with Crippen molar-refractivity contribution in [1.82, 2.24) is 5.43 Å². The molecule has 0 saturated heterocycles. The number of nitrogens with one attached hydrogen (secondary N) is 1. The van der Waals surface area contributed by atoms with Gasteiger partial charge in [-0.2, -0.15) is 0 Å². The summed E-state index contributed by atoms with van der Waals surface area (Å²) in [6.07, 6.45) is 2.58. The predicted octanol–water partition coefficient (Wildman–Crippen LogP) is -0.756. The molecular weight excluding hydrogens is 158 g/mol. The Morgan fingerprint density at radius 3 is 2.83 bits per heavy atom. The molecule has 0 rings (SSSR count). The normalized spacial score (nSPS) is 14.0. The number of hydrazine groups is 1. The molecule has 0 spiro atoms. The van der Waals surface area contributed by atoms with Crippen LogP contribution in [0, 0.1) is 0 Å². The lowest BCUT2D eigenvalue weighted by atomic mass is 10.2. The van der Waals surface area contributed by atoms with Crippen LogP contribution in [0.25, 0.3) is 0 Å². The van der Waals surface area contributed by atoms with Crippen LogP contribution in [0.15, 0.2) is 11.9 Å². The summed E-state index contributed by atoms with van der Waals surface area (Å²) in [5.41, 5.74) is 8.35. The molecule has 0 saturated carbocycles. The molecule has 0 amide bonds. The quantitative estimate of drug-likeness (QED) is 0.279. The SMILES string of the molecule is C[C@H](C/C(=C/N)NN)OCC=O. The molecule has 5 N–H and O–H groups in total. The van der Waals surface area contributed by atoms with Gasteiger partial charge in [0.15, 0.2) is 0 Å².